The van der Waals surface area contributed by atoms with E-state index in [2.05, 4.69) is 22.4 Å². The van der Waals surface area contributed by atoms with Gasteiger partial charge in [-0.05, 0) is 36.4 Å². The van der Waals surface area contributed by atoms with Crippen molar-refractivity contribution in [2.45, 2.75) is 0 Å². The summed E-state index contributed by atoms with van der Waals surface area (Å²) in [6.07, 6.45) is 0. The summed E-state index contributed by atoms with van der Waals surface area (Å²) in [6.45, 7) is 1.63. The summed E-state index contributed by atoms with van der Waals surface area (Å²) in [6, 6.07) is 17.5. The van der Waals surface area contributed by atoms with Gasteiger partial charge in [-0.2, -0.15) is 10.5 Å². The van der Waals surface area contributed by atoms with Crippen molar-refractivity contribution >= 4 is 17.1 Å². The van der Waals surface area contributed by atoms with Crippen molar-refractivity contribution in [3.05, 3.63) is 53.6 Å². The molecule has 1 N–H and O–H groups in total. The SMILES string of the molecule is N#Cc1cccc(N2CCNc3cc(C#N)ccc32)c1. The van der Waals surface area contributed by atoms with Gasteiger partial charge in [-0.3, -0.25) is 0 Å². The lowest BCUT2D eigenvalue weighted by Gasteiger charge is -2.32. The molecule has 0 unspecified atom stereocenters. The van der Waals surface area contributed by atoms with Gasteiger partial charge in [0.2, 0.25) is 0 Å². The largest absolute Gasteiger partial charge is 0.382 e. The summed E-state index contributed by atoms with van der Waals surface area (Å²) in [5, 5.41) is 21.3. The van der Waals surface area contributed by atoms with E-state index < -0.39 is 0 Å². The topological polar surface area (TPSA) is 62.9 Å². The Kier molecular flexibility index (Phi) is 2.99. The highest BCUT2D eigenvalue weighted by Gasteiger charge is 2.18. The Labute approximate surface area is 117 Å². The Morgan fingerprint density at radius 3 is 2.60 bits per heavy atom. The number of hydrogen-bond acceptors (Lipinski definition) is 4. The van der Waals surface area contributed by atoms with E-state index >= 15 is 0 Å². The van der Waals surface area contributed by atoms with Crippen LogP contribution in [0.3, 0.4) is 0 Å². The Morgan fingerprint density at radius 1 is 1.00 bits per heavy atom. The highest BCUT2D eigenvalue weighted by Crippen LogP contribution is 2.35. The number of fused-ring (bicyclic) bond motifs is 1. The van der Waals surface area contributed by atoms with Crippen LogP contribution in [-0.4, -0.2) is 13.1 Å². The molecule has 20 heavy (non-hydrogen) atoms. The van der Waals surface area contributed by atoms with E-state index in [0.717, 1.165) is 30.2 Å². The lowest BCUT2D eigenvalue weighted by molar-refractivity contribution is 0.926. The first-order chi connectivity index (χ1) is 9.81. The summed E-state index contributed by atoms with van der Waals surface area (Å²) in [5.74, 6) is 0. The molecule has 1 heterocycles. The summed E-state index contributed by atoms with van der Waals surface area (Å²) < 4.78 is 0. The third-order valence-electron chi connectivity index (χ3n) is 3.35. The van der Waals surface area contributed by atoms with E-state index in [1.807, 2.05) is 36.4 Å². The molecule has 1 aliphatic rings. The standard InChI is InChI=1S/C16H12N4/c17-10-12-2-1-3-14(8-12)20-7-6-19-15-9-13(11-18)4-5-16(15)20/h1-5,8-9,19H,6-7H2. The fraction of sp³-hybridized carbons (Fsp3) is 0.125. The monoisotopic (exact) mass is 260 g/mol. The molecule has 0 fully saturated rings. The lowest BCUT2D eigenvalue weighted by atomic mass is 10.1. The molecule has 0 saturated carbocycles. The maximum atomic E-state index is 9.01. The molecular formula is C16H12N4. The normalized spacial score (nSPS) is 12.8. The second-order valence-corrected chi connectivity index (χ2v) is 4.58. The predicted octanol–water partition coefficient (Wildman–Crippen LogP) is 2.99. The Bertz CT molecular complexity index is 737. The van der Waals surface area contributed by atoms with Gasteiger partial charge in [0.15, 0.2) is 0 Å². The van der Waals surface area contributed by atoms with E-state index in [0.29, 0.717) is 11.1 Å². The van der Waals surface area contributed by atoms with Crippen LogP contribution < -0.4 is 10.2 Å². The Morgan fingerprint density at radius 2 is 1.80 bits per heavy atom. The van der Waals surface area contributed by atoms with Crippen molar-refractivity contribution in [1.29, 1.82) is 10.5 Å². The van der Waals surface area contributed by atoms with Crippen LogP contribution in [0.4, 0.5) is 17.1 Å². The van der Waals surface area contributed by atoms with Crippen molar-refractivity contribution < 1.29 is 0 Å². The van der Waals surface area contributed by atoms with Crippen LogP contribution in [-0.2, 0) is 0 Å². The first-order valence-corrected chi connectivity index (χ1v) is 6.37. The summed E-state index contributed by atoms with van der Waals surface area (Å²) in [5.41, 5.74) is 4.28. The molecule has 0 amide bonds. The first-order valence-electron chi connectivity index (χ1n) is 6.37. The molecule has 2 aromatic rings. The van der Waals surface area contributed by atoms with Crippen molar-refractivity contribution in [3.63, 3.8) is 0 Å². The fourth-order valence-corrected chi connectivity index (χ4v) is 2.42. The van der Waals surface area contributed by atoms with Crippen molar-refractivity contribution in [2.75, 3.05) is 23.3 Å². The van der Waals surface area contributed by atoms with Gasteiger partial charge in [-0.1, -0.05) is 6.07 Å². The number of hydrogen-bond donors (Lipinski definition) is 1. The number of nitrogens with one attached hydrogen (secondary N) is 1. The van der Waals surface area contributed by atoms with E-state index in [9.17, 15) is 0 Å². The molecule has 0 bridgehead atoms. The zero-order chi connectivity index (χ0) is 13.9. The number of benzene rings is 2. The highest BCUT2D eigenvalue weighted by molar-refractivity contribution is 5.79. The highest BCUT2D eigenvalue weighted by atomic mass is 15.2. The van der Waals surface area contributed by atoms with Crippen LogP contribution in [0, 0.1) is 22.7 Å². The third kappa shape index (κ3) is 2.04. The van der Waals surface area contributed by atoms with E-state index in [1.165, 1.54) is 0 Å². The quantitative estimate of drug-likeness (QED) is 0.856. The maximum absolute atomic E-state index is 9.01. The molecular weight excluding hydrogens is 248 g/mol. The van der Waals surface area contributed by atoms with Crippen LogP contribution in [0.2, 0.25) is 0 Å². The number of anilines is 3. The van der Waals surface area contributed by atoms with Crippen LogP contribution in [0.25, 0.3) is 0 Å². The van der Waals surface area contributed by atoms with Crippen LogP contribution in [0.5, 0.6) is 0 Å². The number of nitriles is 2. The second kappa shape index (κ2) is 4.95. The molecule has 2 aromatic carbocycles. The maximum Gasteiger partial charge on any atom is 0.0992 e. The summed E-state index contributed by atoms with van der Waals surface area (Å²) in [4.78, 5) is 2.16. The molecule has 0 atom stereocenters. The molecule has 1 aliphatic heterocycles. The fourth-order valence-electron chi connectivity index (χ4n) is 2.42. The average molecular weight is 260 g/mol. The third-order valence-corrected chi connectivity index (χ3v) is 3.35. The van der Waals surface area contributed by atoms with Crippen molar-refractivity contribution in [2.24, 2.45) is 0 Å². The molecule has 4 nitrogen and oxygen atoms in total. The summed E-state index contributed by atoms with van der Waals surface area (Å²) in [7, 11) is 0. The van der Waals surface area contributed by atoms with Gasteiger partial charge in [0.05, 0.1) is 34.6 Å². The minimum absolute atomic E-state index is 0.642. The molecule has 0 spiro atoms. The Hall–Kier alpha value is -2.98. The van der Waals surface area contributed by atoms with Gasteiger partial charge < -0.3 is 10.2 Å². The van der Waals surface area contributed by atoms with E-state index in [1.54, 1.807) is 6.07 Å². The number of rotatable bonds is 1. The van der Waals surface area contributed by atoms with Crippen molar-refractivity contribution in [1.82, 2.24) is 0 Å². The predicted molar refractivity (Wildman–Crippen MR) is 77.8 cm³/mol. The van der Waals surface area contributed by atoms with Gasteiger partial charge in [0.25, 0.3) is 0 Å². The van der Waals surface area contributed by atoms with Crippen LogP contribution in [0.1, 0.15) is 11.1 Å². The van der Waals surface area contributed by atoms with Gasteiger partial charge in [0, 0.05) is 18.8 Å². The van der Waals surface area contributed by atoms with Crippen molar-refractivity contribution in [3.8, 4) is 12.1 Å². The van der Waals surface area contributed by atoms with Gasteiger partial charge in [-0.25, -0.2) is 0 Å². The van der Waals surface area contributed by atoms with Crippen LogP contribution in [0.15, 0.2) is 42.5 Å². The number of nitrogens with zero attached hydrogens (tertiary/aromatic N) is 3. The minimum atomic E-state index is 0.642. The van der Waals surface area contributed by atoms with Gasteiger partial charge in [-0.15, -0.1) is 0 Å². The molecule has 96 valence electrons. The molecule has 0 saturated heterocycles. The first kappa shape index (κ1) is 12.1. The molecule has 0 radical (unpaired) electrons. The molecule has 0 aliphatic carbocycles. The summed E-state index contributed by atoms with van der Waals surface area (Å²) >= 11 is 0. The van der Waals surface area contributed by atoms with Gasteiger partial charge in [0.1, 0.15) is 0 Å². The zero-order valence-corrected chi connectivity index (χ0v) is 10.8. The molecule has 4 heteroatoms. The van der Waals surface area contributed by atoms with E-state index in [-0.39, 0.29) is 0 Å². The van der Waals surface area contributed by atoms with Crippen LogP contribution >= 0.6 is 0 Å². The Balaban J connectivity index is 2.06. The average Bonchev–Trinajstić information content (AvgIpc) is 2.53. The molecule has 0 aromatic heterocycles. The van der Waals surface area contributed by atoms with E-state index in [4.69, 9.17) is 10.5 Å². The zero-order valence-electron chi connectivity index (χ0n) is 10.8. The minimum Gasteiger partial charge on any atom is -0.382 e. The smallest absolute Gasteiger partial charge is 0.0992 e. The molecule has 3 rings (SSSR count). The van der Waals surface area contributed by atoms with Gasteiger partial charge >= 0.3 is 0 Å². The lowest BCUT2D eigenvalue weighted by Crippen LogP contribution is -2.30. The second-order valence-electron chi connectivity index (χ2n) is 4.58.